The first-order valence-electron chi connectivity index (χ1n) is 10.6. The highest BCUT2D eigenvalue weighted by Crippen LogP contribution is 2.38. The molecule has 6 aromatic rings. The molecule has 0 aliphatic carbocycles. The summed E-state index contributed by atoms with van der Waals surface area (Å²) in [6, 6.07) is 34.1. The molecule has 152 valence electrons. The number of benzene rings is 5. The van der Waals surface area contributed by atoms with Crippen molar-refractivity contribution in [3.63, 3.8) is 0 Å². The van der Waals surface area contributed by atoms with E-state index >= 15 is 0 Å². The number of aromatic nitrogens is 2. The molecule has 0 unspecified atom stereocenters. The van der Waals surface area contributed by atoms with Crippen molar-refractivity contribution in [3.05, 3.63) is 103 Å². The standard InChI is InChI=1S/C27H19BN2O2/c31-28(32)26-21-14-6-4-12-19(21)25(20-13-5-7-15-22(20)26)27-29-23-16-8-9-17-24(23)30(27)18-10-2-1-3-11-18/h1-17,31-32H. The van der Waals surface area contributed by atoms with Crippen LogP contribution >= 0.6 is 0 Å². The minimum Gasteiger partial charge on any atom is -0.423 e. The Morgan fingerprint density at radius 1 is 0.594 bits per heavy atom. The van der Waals surface area contributed by atoms with E-state index in [9.17, 15) is 10.0 Å². The van der Waals surface area contributed by atoms with Crippen molar-refractivity contribution in [1.82, 2.24) is 9.55 Å². The average molecular weight is 414 g/mol. The monoisotopic (exact) mass is 414 g/mol. The Morgan fingerprint density at radius 2 is 1.12 bits per heavy atom. The van der Waals surface area contributed by atoms with Crippen LogP contribution in [0.25, 0.3) is 49.7 Å². The van der Waals surface area contributed by atoms with Crippen LogP contribution in [-0.4, -0.2) is 26.7 Å². The Bertz CT molecular complexity index is 1550. The van der Waals surface area contributed by atoms with Crippen molar-refractivity contribution >= 4 is 45.2 Å². The van der Waals surface area contributed by atoms with Crippen molar-refractivity contribution in [2.24, 2.45) is 0 Å². The zero-order valence-electron chi connectivity index (χ0n) is 17.2. The van der Waals surface area contributed by atoms with Gasteiger partial charge >= 0.3 is 7.12 Å². The van der Waals surface area contributed by atoms with Crippen molar-refractivity contribution in [2.75, 3.05) is 0 Å². The second-order valence-electron chi connectivity index (χ2n) is 7.85. The first-order chi connectivity index (χ1) is 15.7. The molecule has 0 amide bonds. The van der Waals surface area contributed by atoms with Crippen LogP contribution in [0.2, 0.25) is 0 Å². The smallest absolute Gasteiger partial charge is 0.423 e. The Labute approximate surface area is 185 Å². The molecule has 1 aromatic heterocycles. The molecule has 6 rings (SSSR count). The van der Waals surface area contributed by atoms with Crippen LogP contribution in [0.1, 0.15) is 0 Å². The van der Waals surface area contributed by atoms with Crippen LogP contribution < -0.4 is 5.46 Å². The van der Waals surface area contributed by atoms with E-state index in [0.29, 0.717) is 5.46 Å². The summed E-state index contributed by atoms with van der Waals surface area (Å²) in [5.74, 6) is 0.823. The first-order valence-corrected chi connectivity index (χ1v) is 10.6. The minimum atomic E-state index is -1.58. The zero-order chi connectivity index (χ0) is 21.7. The van der Waals surface area contributed by atoms with Crippen LogP contribution in [0.3, 0.4) is 0 Å². The van der Waals surface area contributed by atoms with Gasteiger partial charge in [-0.2, -0.15) is 0 Å². The normalized spacial score (nSPS) is 11.4. The summed E-state index contributed by atoms with van der Waals surface area (Å²) in [7, 11) is -1.58. The molecular formula is C27H19BN2O2. The van der Waals surface area contributed by atoms with E-state index in [1.54, 1.807) is 0 Å². The maximum atomic E-state index is 10.3. The summed E-state index contributed by atoms with van der Waals surface area (Å²) in [6.07, 6.45) is 0. The number of nitrogens with zero attached hydrogens (tertiary/aromatic N) is 2. The van der Waals surface area contributed by atoms with Crippen LogP contribution in [-0.2, 0) is 0 Å². The molecule has 4 nitrogen and oxygen atoms in total. The molecule has 0 aliphatic heterocycles. The van der Waals surface area contributed by atoms with Gasteiger partial charge in [0, 0.05) is 11.3 Å². The van der Waals surface area contributed by atoms with Crippen LogP contribution in [0.5, 0.6) is 0 Å². The largest absolute Gasteiger partial charge is 0.489 e. The fraction of sp³-hybridized carbons (Fsp3) is 0. The summed E-state index contributed by atoms with van der Waals surface area (Å²) in [4.78, 5) is 5.07. The fourth-order valence-corrected chi connectivity index (χ4v) is 4.71. The van der Waals surface area contributed by atoms with E-state index in [4.69, 9.17) is 4.98 Å². The van der Waals surface area contributed by atoms with Gasteiger partial charge in [0.25, 0.3) is 0 Å². The van der Waals surface area contributed by atoms with Gasteiger partial charge in [-0.1, -0.05) is 78.9 Å². The Kier molecular flexibility index (Phi) is 4.32. The van der Waals surface area contributed by atoms with E-state index in [-0.39, 0.29) is 0 Å². The van der Waals surface area contributed by atoms with Crippen molar-refractivity contribution in [1.29, 1.82) is 0 Å². The van der Waals surface area contributed by atoms with Crippen molar-refractivity contribution in [2.45, 2.75) is 0 Å². The van der Waals surface area contributed by atoms with E-state index in [1.807, 2.05) is 84.9 Å². The maximum absolute atomic E-state index is 10.3. The molecule has 1 heterocycles. The number of imidazole rings is 1. The topological polar surface area (TPSA) is 58.3 Å². The van der Waals surface area contributed by atoms with Gasteiger partial charge in [-0.3, -0.25) is 4.57 Å². The lowest BCUT2D eigenvalue weighted by molar-refractivity contribution is 0.426. The van der Waals surface area contributed by atoms with E-state index < -0.39 is 7.12 Å². The summed E-state index contributed by atoms with van der Waals surface area (Å²) < 4.78 is 2.18. The minimum absolute atomic E-state index is 0.516. The summed E-state index contributed by atoms with van der Waals surface area (Å²) >= 11 is 0. The van der Waals surface area contributed by atoms with E-state index in [0.717, 1.165) is 49.7 Å². The zero-order valence-corrected chi connectivity index (χ0v) is 17.2. The van der Waals surface area contributed by atoms with Gasteiger partial charge in [-0.15, -0.1) is 0 Å². The van der Waals surface area contributed by atoms with Gasteiger partial charge < -0.3 is 10.0 Å². The third-order valence-corrected chi connectivity index (χ3v) is 6.03. The number of para-hydroxylation sites is 3. The highest BCUT2D eigenvalue weighted by molar-refractivity contribution is 6.66. The van der Waals surface area contributed by atoms with Gasteiger partial charge in [-0.25, -0.2) is 4.98 Å². The number of hydrogen-bond donors (Lipinski definition) is 2. The maximum Gasteiger partial charge on any atom is 0.489 e. The molecule has 0 aliphatic rings. The third-order valence-electron chi connectivity index (χ3n) is 6.03. The summed E-state index contributed by atoms with van der Waals surface area (Å²) in [6.45, 7) is 0. The predicted octanol–water partition coefficient (Wildman–Crippen LogP) is 4.68. The molecule has 0 saturated heterocycles. The molecule has 0 saturated carbocycles. The lowest BCUT2D eigenvalue weighted by Gasteiger charge is -2.17. The number of hydrogen-bond acceptors (Lipinski definition) is 3. The van der Waals surface area contributed by atoms with Crippen molar-refractivity contribution in [3.8, 4) is 17.1 Å². The molecular weight excluding hydrogens is 395 g/mol. The molecule has 0 bridgehead atoms. The molecule has 5 aromatic carbocycles. The Hall–Kier alpha value is -3.93. The molecule has 2 N–H and O–H groups in total. The lowest BCUT2D eigenvalue weighted by Crippen LogP contribution is -2.31. The van der Waals surface area contributed by atoms with Gasteiger partial charge in [0.05, 0.1) is 11.0 Å². The Morgan fingerprint density at radius 3 is 1.75 bits per heavy atom. The fourth-order valence-electron chi connectivity index (χ4n) is 4.71. The van der Waals surface area contributed by atoms with Gasteiger partial charge in [-0.05, 0) is 51.3 Å². The average Bonchev–Trinajstić information content (AvgIpc) is 3.21. The van der Waals surface area contributed by atoms with Crippen molar-refractivity contribution < 1.29 is 10.0 Å². The number of rotatable bonds is 3. The highest BCUT2D eigenvalue weighted by Gasteiger charge is 2.25. The second kappa shape index (κ2) is 7.34. The van der Waals surface area contributed by atoms with Gasteiger partial charge in [0.15, 0.2) is 0 Å². The van der Waals surface area contributed by atoms with Crippen LogP contribution in [0.4, 0.5) is 0 Å². The van der Waals surface area contributed by atoms with E-state index in [1.165, 1.54) is 0 Å². The molecule has 32 heavy (non-hydrogen) atoms. The predicted molar refractivity (Wildman–Crippen MR) is 131 cm³/mol. The SMILES string of the molecule is OB(O)c1c2ccccc2c(-c2nc3ccccc3n2-c2ccccc2)c2ccccc12. The highest BCUT2D eigenvalue weighted by atomic mass is 16.4. The molecule has 0 fully saturated rings. The quantitative estimate of drug-likeness (QED) is 0.327. The van der Waals surface area contributed by atoms with Gasteiger partial charge in [0.1, 0.15) is 5.82 Å². The first kappa shape index (κ1) is 18.8. The molecule has 0 radical (unpaired) electrons. The molecule has 5 heteroatoms. The summed E-state index contributed by atoms with van der Waals surface area (Å²) in [5.41, 5.74) is 4.44. The van der Waals surface area contributed by atoms with Gasteiger partial charge in [0.2, 0.25) is 0 Å². The number of fused-ring (bicyclic) bond motifs is 3. The third kappa shape index (κ3) is 2.76. The van der Waals surface area contributed by atoms with Crippen LogP contribution in [0.15, 0.2) is 103 Å². The molecule has 0 atom stereocenters. The second-order valence-corrected chi connectivity index (χ2v) is 7.85. The van der Waals surface area contributed by atoms with Crippen LogP contribution in [0, 0.1) is 0 Å². The summed E-state index contributed by atoms with van der Waals surface area (Å²) in [5, 5.41) is 24.0. The lowest BCUT2D eigenvalue weighted by atomic mass is 9.73. The van der Waals surface area contributed by atoms with E-state index in [2.05, 4.69) is 22.8 Å². The molecule has 0 spiro atoms. The Balaban J connectivity index is 1.84.